The molecule has 2 aromatic rings. The number of hydrogen-bond donors (Lipinski definition) is 1. The Balaban J connectivity index is 1.81. The number of amides is 1. The molecular weight excluding hydrogens is 298 g/mol. The van der Waals surface area contributed by atoms with Crippen LogP contribution in [-0.2, 0) is 18.3 Å². The number of nitrogens with one attached hydrogen (secondary N) is 1. The Morgan fingerprint density at radius 3 is 2.86 bits per heavy atom. The summed E-state index contributed by atoms with van der Waals surface area (Å²) in [5, 5.41) is 5.39. The van der Waals surface area contributed by atoms with Gasteiger partial charge in [-0.15, -0.1) is 11.3 Å². The summed E-state index contributed by atoms with van der Waals surface area (Å²) in [6, 6.07) is -0.134. The molecule has 0 unspecified atom stereocenters. The van der Waals surface area contributed by atoms with Gasteiger partial charge in [0.1, 0.15) is 5.82 Å². The number of thiazole rings is 1. The lowest BCUT2D eigenvalue weighted by Gasteiger charge is -2.25. The zero-order valence-electron chi connectivity index (χ0n) is 13.3. The van der Waals surface area contributed by atoms with Crippen molar-refractivity contribution >= 4 is 22.4 Å². The van der Waals surface area contributed by atoms with Gasteiger partial charge in [0.05, 0.1) is 6.04 Å². The van der Waals surface area contributed by atoms with Crippen molar-refractivity contribution in [1.82, 2.24) is 19.4 Å². The third-order valence-electron chi connectivity index (χ3n) is 3.72. The zero-order chi connectivity index (χ0) is 15.9. The molecule has 0 aliphatic carbocycles. The second-order valence-electron chi connectivity index (χ2n) is 5.29. The van der Waals surface area contributed by atoms with Gasteiger partial charge in [0.15, 0.2) is 5.13 Å². The molecule has 0 aliphatic heterocycles. The lowest BCUT2D eigenvalue weighted by molar-refractivity contribution is -0.121. The van der Waals surface area contributed by atoms with E-state index in [1.54, 1.807) is 6.20 Å². The SMILES string of the molecule is CC[C@@H](C(=O)Nc1nccs1)N(C)CCCc1nccn1C. The van der Waals surface area contributed by atoms with E-state index in [1.165, 1.54) is 11.3 Å². The van der Waals surface area contributed by atoms with Crippen LogP contribution in [0, 0.1) is 0 Å². The van der Waals surface area contributed by atoms with E-state index in [9.17, 15) is 4.79 Å². The summed E-state index contributed by atoms with van der Waals surface area (Å²) in [6.07, 6.45) is 8.12. The highest BCUT2D eigenvalue weighted by Gasteiger charge is 2.21. The zero-order valence-corrected chi connectivity index (χ0v) is 14.1. The van der Waals surface area contributed by atoms with Gasteiger partial charge in [-0.2, -0.15) is 0 Å². The van der Waals surface area contributed by atoms with Crippen LogP contribution in [0.2, 0.25) is 0 Å². The van der Waals surface area contributed by atoms with E-state index in [2.05, 4.69) is 20.2 Å². The lowest BCUT2D eigenvalue weighted by Crippen LogP contribution is -2.42. The monoisotopic (exact) mass is 321 g/mol. The van der Waals surface area contributed by atoms with Gasteiger partial charge in [-0.3, -0.25) is 9.69 Å². The molecule has 2 aromatic heterocycles. The van der Waals surface area contributed by atoms with Gasteiger partial charge in [-0.25, -0.2) is 9.97 Å². The van der Waals surface area contributed by atoms with E-state index in [4.69, 9.17) is 0 Å². The fourth-order valence-electron chi connectivity index (χ4n) is 2.45. The summed E-state index contributed by atoms with van der Waals surface area (Å²) >= 11 is 1.44. The fraction of sp³-hybridized carbons (Fsp3) is 0.533. The van der Waals surface area contributed by atoms with Gasteiger partial charge in [0.25, 0.3) is 0 Å². The van der Waals surface area contributed by atoms with Crippen LogP contribution in [0.4, 0.5) is 5.13 Å². The predicted octanol–water partition coefficient (Wildman–Crippen LogP) is 2.16. The molecule has 7 heteroatoms. The van der Waals surface area contributed by atoms with Crippen molar-refractivity contribution in [3.8, 4) is 0 Å². The number of aromatic nitrogens is 3. The highest BCUT2D eigenvalue weighted by molar-refractivity contribution is 7.13. The molecule has 120 valence electrons. The average molecular weight is 321 g/mol. The number of carbonyl (C=O) groups excluding carboxylic acids is 1. The van der Waals surface area contributed by atoms with Crippen molar-refractivity contribution in [2.24, 2.45) is 7.05 Å². The third-order valence-corrected chi connectivity index (χ3v) is 4.40. The number of aryl methyl sites for hydroxylation is 2. The molecule has 0 aromatic carbocycles. The molecule has 0 spiro atoms. The highest BCUT2D eigenvalue weighted by Crippen LogP contribution is 2.13. The number of rotatable bonds is 8. The van der Waals surface area contributed by atoms with E-state index in [-0.39, 0.29) is 11.9 Å². The van der Waals surface area contributed by atoms with Gasteiger partial charge in [-0.1, -0.05) is 6.92 Å². The predicted molar refractivity (Wildman–Crippen MR) is 89.0 cm³/mol. The molecule has 1 amide bonds. The first kappa shape index (κ1) is 16.6. The Bertz CT molecular complexity index is 581. The molecule has 0 bridgehead atoms. The van der Waals surface area contributed by atoms with Crippen molar-refractivity contribution in [2.75, 3.05) is 18.9 Å². The molecule has 0 saturated heterocycles. The Hall–Kier alpha value is -1.73. The van der Waals surface area contributed by atoms with E-state index < -0.39 is 0 Å². The summed E-state index contributed by atoms with van der Waals surface area (Å²) in [4.78, 5) is 22.8. The maximum Gasteiger partial charge on any atom is 0.243 e. The highest BCUT2D eigenvalue weighted by atomic mass is 32.1. The van der Waals surface area contributed by atoms with Crippen molar-refractivity contribution in [1.29, 1.82) is 0 Å². The molecule has 22 heavy (non-hydrogen) atoms. The maximum atomic E-state index is 12.3. The maximum absolute atomic E-state index is 12.3. The van der Waals surface area contributed by atoms with Crippen LogP contribution in [0.3, 0.4) is 0 Å². The minimum Gasteiger partial charge on any atom is -0.338 e. The van der Waals surface area contributed by atoms with Crippen molar-refractivity contribution in [2.45, 2.75) is 32.2 Å². The standard InChI is InChI=1S/C15H23N5OS/c1-4-12(14(21)18-15-17-8-11-22-15)19(2)9-5-6-13-16-7-10-20(13)3/h7-8,10-12H,4-6,9H2,1-3H3,(H,17,18,21)/t12-/m0/s1. The van der Waals surface area contributed by atoms with E-state index >= 15 is 0 Å². The molecule has 6 nitrogen and oxygen atoms in total. The number of nitrogens with zero attached hydrogens (tertiary/aromatic N) is 4. The van der Waals surface area contributed by atoms with Gasteiger partial charge in [0.2, 0.25) is 5.91 Å². The Labute approximate surface area is 135 Å². The average Bonchev–Trinajstić information content (AvgIpc) is 3.12. The van der Waals surface area contributed by atoms with Crippen molar-refractivity contribution < 1.29 is 4.79 Å². The normalized spacial score (nSPS) is 12.5. The van der Waals surface area contributed by atoms with Crippen LogP contribution in [-0.4, -0.2) is 45.0 Å². The van der Waals surface area contributed by atoms with E-state index in [0.717, 1.165) is 31.6 Å². The minimum atomic E-state index is -0.134. The molecule has 1 N–H and O–H groups in total. The lowest BCUT2D eigenvalue weighted by atomic mass is 10.1. The molecule has 0 aliphatic rings. The molecular formula is C15H23N5OS. The summed E-state index contributed by atoms with van der Waals surface area (Å²) in [5.74, 6) is 1.09. The van der Waals surface area contributed by atoms with Gasteiger partial charge < -0.3 is 9.88 Å². The number of anilines is 1. The quantitative estimate of drug-likeness (QED) is 0.809. The van der Waals surface area contributed by atoms with Crippen LogP contribution >= 0.6 is 11.3 Å². The fourth-order valence-corrected chi connectivity index (χ4v) is 2.98. The summed E-state index contributed by atoms with van der Waals surface area (Å²) in [5.41, 5.74) is 0. The van der Waals surface area contributed by atoms with E-state index in [1.807, 2.05) is 43.4 Å². The van der Waals surface area contributed by atoms with Crippen LogP contribution in [0.25, 0.3) is 0 Å². The van der Waals surface area contributed by atoms with Crippen LogP contribution < -0.4 is 5.32 Å². The van der Waals surface area contributed by atoms with Gasteiger partial charge >= 0.3 is 0 Å². The van der Waals surface area contributed by atoms with Gasteiger partial charge in [0, 0.05) is 37.4 Å². The first-order chi connectivity index (χ1) is 10.6. The van der Waals surface area contributed by atoms with Gasteiger partial charge in [-0.05, 0) is 26.4 Å². The Morgan fingerprint density at radius 2 is 2.27 bits per heavy atom. The molecule has 2 rings (SSSR count). The van der Waals surface area contributed by atoms with Crippen LogP contribution in [0.5, 0.6) is 0 Å². The molecule has 0 radical (unpaired) electrons. The number of carbonyl (C=O) groups is 1. The van der Waals surface area contributed by atoms with Crippen LogP contribution in [0.15, 0.2) is 24.0 Å². The Morgan fingerprint density at radius 1 is 1.45 bits per heavy atom. The first-order valence-corrected chi connectivity index (χ1v) is 8.36. The number of imidazole rings is 1. The summed E-state index contributed by atoms with van der Waals surface area (Å²) < 4.78 is 2.03. The van der Waals surface area contributed by atoms with Crippen LogP contribution in [0.1, 0.15) is 25.6 Å². The molecule has 1 atom stereocenters. The summed E-state index contributed by atoms with van der Waals surface area (Å²) in [7, 11) is 4.00. The second-order valence-corrected chi connectivity index (χ2v) is 6.18. The second kappa shape index (κ2) is 8.05. The first-order valence-electron chi connectivity index (χ1n) is 7.48. The number of likely N-dealkylation sites (N-methyl/N-ethyl adjacent to an activating group) is 1. The minimum absolute atomic E-state index is 0.0111. The Kier molecular flexibility index (Phi) is 6.09. The molecule has 2 heterocycles. The topological polar surface area (TPSA) is 63.1 Å². The molecule has 0 fully saturated rings. The van der Waals surface area contributed by atoms with Crippen molar-refractivity contribution in [3.05, 3.63) is 29.8 Å². The third kappa shape index (κ3) is 4.38. The molecule has 0 saturated carbocycles. The largest absolute Gasteiger partial charge is 0.338 e. The van der Waals surface area contributed by atoms with Crippen molar-refractivity contribution in [3.63, 3.8) is 0 Å². The van der Waals surface area contributed by atoms with E-state index in [0.29, 0.717) is 5.13 Å². The number of hydrogen-bond acceptors (Lipinski definition) is 5. The smallest absolute Gasteiger partial charge is 0.243 e. The summed E-state index contributed by atoms with van der Waals surface area (Å²) in [6.45, 7) is 2.89.